The van der Waals surface area contributed by atoms with E-state index in [0.717, 1.165) is 38.5 Å². The number of hydrogen-bond acceptors (Lipinski definition) is 0. The van der Waals surface area contributed by atoms with Gasteiger partial charge in [-0.2, -0.15) is 0 Å². The molecule has 0 aromatic heterocycles. The lowest BCUT2D eigenvalue weighted by Gasteiger charge is -1.98. The van der Waals surface area contributed by atoms with Crippen molar-refractivity contribution in [3.05, 3.63) is 358 Å². The second kappa shape index (κ2) is 24.7. The second-order valence-electron chi connectivity index (χ2n) is 20.9. The van der Waals surface area contributed by atoms with E-state index in [-0.39, 0.29) is 34.0 Å². The SMILES string of the molecule is Br.Br.c1ccc2c(c1)Cc1ccccc1-2.c1ccc2c(c1)Cc1ccccc1-2.c1ccc2c(c1)Cc1ccccc1-2.c1ccc2c(c1)Cc1ccccc1-2.c1ccc2c(c1)Cc1ccccc1-2.c1ccc2c(c1)Cc1ccccc1-2. The maximum absolute atomic E-state index is 2.22. The first-order chi connectivity index (χ1) is 38.7. The molecule has 0 heterocycles. The summed E-state index contributed by atoms with van der Waals surface area (Å²) in [6.45, 7) is 0. The summed E-state index contributed by atoms with van der Waals surface area (Å²) >= 11 is 0. The summed E-state index contributed by atoms with van der Waals surface area (Å²) < 4.78 is 0. The van der Waals surface area contributed by atoms with Gasteiger partial charge in [-0.3, -0.25) is 0 Å². The van der Waals surface area contributed by atoms with Crippen LogP contribution < -0.4 is 0 Å². The average molecular weight is 1160 g/mol. The molecule has 0 amide bonds. The molecule has 6 aliphatic rings. The van der Waals surface area contributed by atoms with E-state index < -0.39 is 0 Å². The predicted molar refractivity (Wildman–Crippen MR) is 349 cm³/mol. The lowest BCUT2D eigenvalue weighted by molar-refractivity contribution is 1.26. The van der Waals surface area contributed by atoms with Gasteiger partial charge in [0.15, 0.2) is 0 Å². The van der Waals surface area contributed by atoms with Crippen molar-refractivity contribution in [2.75, 3.05) is 0 Å². The Balaban J connectivity index is 0.000000101. The van der Waals surface area contributed by atoms with Gasteiger partial charge in [0.05, 0.1) is 0 Å². The molecule has 0 bridgehead atoms. The van der Waals surface area contributed by atoms with Crippen LogP contribution in [-0.4, -0.2) is 0 Å². The van der Waals surface area contributed by atoms with E-state index in [1.165, 1.54) is 134 Å². The minimum atomic E-state index is 0. The van der Waals surface area contributed by atoms with Crippen LogP contribution in [0.3, 0.4) is 0 Å². The van der Waals surface area contributed by atoms with Crippen LogP contribution in [0.5, 0.6) is 0 Å². The van der Waals surface area contributed by atoms with Crippen LogP contribution in [0.1, 0.15) is 66.8 Å². The summed E-state index contributed by atoms with van der Waals surface area (Å²) in [5.41, 5.74) is 34.5. The molecule has 0 nitrogen and oxygen atoms in total. The van der Waals surface area contributed by atoms with Crippen LogP contribution in [-0.2, 0) is 38.5 Å². The van der Waals surface area contributed by atoms with Crippen LogP contribution >= 0.6 is 34.0 Å². The Labute approximate surface area is 493 Å². The Hall–Kier alpha value is -8.40. The van der Waals surface area contributed by atoms with Gasteiger partial charge >= 0.3 is 0 Å². The molecule has 0 spiro atoms. The summed E-state index contributed by atoms with van der Waals surface area (Å²) in [7, 11) is 0. The maximum Gasteiger partial charge on any atom is -0.00135 e. The standard InChI is InChI=1S/6C13H10.2BrH/c6*1-3-7-12-10(5-1)9-11-6-2-4-8-13(11)12;;/h6*1-8H,9H2;2*1H. The quantitative estimate of drug-likeness (QED) is 0.142. The highest BCUT2D eigenvalue weighted by molar-refractivity contribution is 8.93. The normalized spacial score (nSPS) is 12.0. The van der Waals surface area contributed by atoms with Crippen molar-refractivity contribution in [3.63, 3.8) is 0 Å². The van der Waals surface area contributed by atoms with Gasteiger partial charge in [0.25, 0.3) is 0 Å². The number of fused-ring (bicyclic) bond motifs is 18. The van der Waals surface area contributed by atoms with Gasteiger partial charge in [0.1, 0.15) is 0 Å². The molecule has 0 atom stereocenters. The molecule has 0 radical (unpaired) electrons. The van der Waals surface area contributed by atoms with E-state index in [0.29, 0.717) is 0 Å². The zero-order valence-electron chi connectivity index (χ0n) is 44.8. The summed E-state index contributed by atoms with van der Waals surface area (Å²) in [6, 6.07) is 104. The van der Waals surface area contributed by atoms with Crippen molar-refractivity contribution in [3.8, 4) is 66.8 Å². The fourth-order valence-corrected chi connectivity index (χ4v) is 12.5. The Morgan fingerprint density at radius 3 is 0.275 bits per heavy atom. The molecule has 0 N–H and O–H groups in total. The summed E-state index contributed by atoms with van der Waals surface area (Å²) in [6.07, 6.45) is 6.62. The molecule has 0 saturated carbocycles. The topological polar surface area (TPSA) is 0 Å². The summed E-state index contributed by atoms with van der Waals surface area (Å²) in [4.78, 5) is 0. The number of rotatable bonds is 0. The molecule has 2 heteroatoms. The lowest BCUT2D eigenvalue weighted by Crippen LogP contribution is -1.77. The number of halogens is 2. The number of benzene rings is 12. The third-order valence-electron chi connectivity index (χ3n) is 16.2. The molecule has 0 unspecified atom stereocenters. The highest BCUT2D eigenvalue weighted by atomic mass is 79.9. The van der Waals surface area contributed by atoms with Gasteiger partial charge in [-0.05, 0) is 172 Å². The van der Waals surface area contributed by atoms with Crippen molar-refractivity contribution in [1.82, 2.24) is 0 Å². The molecule has 388 valence electrons. The number of hydrogen-bond donors (Lipinski definition) is 0. The van der Waals surface area contributed by atoms with Gasteiger partial charge in [0.2, 0.25) is 0 Å². The van der Waals surface area contributed by atoms with E-state index >= 15 is 0 Å². The molecule has 12 aromatic rings. The van der Waals surface area contributed by atoms with Gasteiger partial charge in [-0.25, -0.2) is 0 Å². The van der Waals surface area contributed by atoms with E-state index in [9.17, 15) is 0 Å². The van der Waals surface area contributed by atoms with Gasteiger partial charge in [0, 0.05) is 0 Å². The van der Waals surface area contributed by atoms with E-state index in [4.69, 9.17) is 0 Å². The van der Waals surface area contributed by atoms with Crippen LogP contribution in [0.4, 0.5) is 0 Å². The molecule has 0 saturated heterocycles. The van der Waals surface area contributed by atoms with E-state index in [2.05, 4.69) is 291 Å². The van der Waals surface area contributed by atoms with Crippen LogP contribution in [0.15, 0.2) is 291 Å². The molecule has 6 aliphatic carbocycles. The predicted octanol–water partition coefficient (Wildman–Crippen LogP) is 20.7. The fraction of sp³-hybridized carbons (Fsp3) is 0.0769. The first kappa shape index (κ1) is 53.6. The van der Waals surface area contributed by atoms with Gasteiger partial charge in [-0.15, -0.1) is 34.0 Å². The first-order valence-electron chi connectivity index (χ1n) is 27.7. The summed E-state index contributed by atoms with van der Waals surface area (Å²) in [5.74, 6) is 0. The minimum Gasteiger partial charge on any atom is -0.114 e. The average Bonchev–Trinajstić information content (AvgIpc) is 4.38. The smallest absolute Gasteiger partial charge is 0.00135 e. The Kier molecular flexibility index (Phi) is 16.6. The Morgan fingerprint density at radius 2 is 0.188 bits per heavy atom. The molecule has 80 heavy (non-hydrogen) atoms. The van der Waals surface area contributed by atoms with E-state index in [1.54, 1.807) is 0 Å². The molecular formula is C78H62Br2. The van der Waals surface area contributed by atoms with Crippen LogP contribution in [0.25, 0.3) is 66.8 Å². The Bertz CT molecular complexity index is 3170. The summed E-state index contributed by atoms with van der Waals surface area (Å²) in [5, 5.41) is 0. The van der Waals surface area contributed by atoms with Crippen molar-refractivity contribution in [2.45, 2.75) is 38.5 Å². The maximum atomic E-state index is 2.22. The molecule has 12 aromatic carbocycles. The first-order valence-corrected chi connectivity index (χ1v) is 27.7. The highest BCUT2D eigenvalue weighted by Gasteiger charge is 2.21. The zero-order chi connectivity index (χ0) is 52.0. The molecule has 0 fully saturated rings. The van der Waals surface area contributed by atoms with Crippen LogP contribution in [0.2, 0.25) is 0 Å². The monoisotopic (exact) mass is 1160 g/mol. The fourth-order valence-electron chi connectivity index (χ4n) is 12.5. The third-order valence-corrected chi connectivity index (χ3v) is 16.2. The van der Waals surface area contributed by atoms with Crippen LogP contribution in [0, 0.1) is 0 Å². The lowest BCUT2D eigenvalue weighted by atomic mass is 10.1. The van der Waals surface area contributed by atoms with Gasteiger partial charge < -0.3 is 0 Å². The minimum absolute atomic E-state index is 0. The highest BCUT2D eigenvalue weighted by Crippen LogP contribution is 2.40. The largest absolute Gasteiger partial charge is 0.114 e. The van der Waals surface area contributed by atoms with Crippen molar-refractivity contribution >= 4 is 34.0 Å². The van der Waals surface area contributed by atoms with E-state index in [1.807, 2.05) is 0 Å². The molecular weight excluding hydrogens is 1100 g/mol. The molecule has 18 rings (SSSR count). The van der Waals surface area contributed by atoms with Crippen molar-refractivity contribution in [1.29, 1.82) is 0 Å². The van der Waals surface area contributed by atoms with Gasteiger partial charge in [-0.1, -0.05) is 291 Å². The van der Waals surface area contributed by atoms with Crippen molar-refractivity contribution in [2.24, 2.45) is 0 Å². The third kappa shape index (κ3) is 11.1. The molecule has 0 aliphatic heterocycles. The zero-order valence-corrected chi connectivity index (χ0v) is 48.2. The second-order valence-corrected chi connectivity index (χ2v) is 20.9. The Morgan fingerprint density at radius 1 is 0.113 bits per heavy atom. The van der Waals surface area contributed by atoms with Crippen molar-refractivity contribution < 1.29 is 0 Å².